The van der Waals surface area contributed by atoms with Crippen LogP contribution in [0, 0.1) is 5.41 Å². The van der Waals surface area contributed by atoms with E-state index < -0.39 is 5.97 Å². The number of hydrazine groups is 1. The summed E-state index contributed by atoms with van der Waals surface area (Å²) in [6.45, 7) is 6.82. The SMILES string of the molecule is CC(=O)O.CCN(CC)N(C(=N)N)c1ccccc1. The van der Waals surface area contributed by atoms with E-state index in [2.05, 4.69) is 0 Å². The van der Waals surface area contributed by atoms with Gasteiger partial charge in [0.05, 0.1) is 5.69 Å². The van der Waals surface area contributed by atoms with Crippen molar-refractivity contribution in [2.45, 2.75) is 20.8 Å². The summed E-state index contributed by atoms with van der Waals surface area (Å²) in [7, 11) is 0. The molecule has 0 heterocycles. The van der Waals surface area contributed by atoms with Gasteiger partial charge in [-0.05, 0) is 12.1 Å². The first kappa shape index (κ1) is 16.9. The number of nitrogens with zero attached hydrogens (tertiary/aromatic N) is 2. The molecule has 0 aliphatic carbocycles. The lowest BCUT2D eigenvalue weighted by Gasteiger charge is -2.33. The molecule has 6 heteroatoms. The number of carbonyl (C=O) groups is 1. The van der Waals surface area contributed by atoms with E-state index >= 15 is 0 Å². The predicted molar refractivity (Wildman–Crippen MR) is 77.1 cm³/mol. The fourth-order valence-corrected chi connectivity index (χ4v) is 1.53. The third-order valence-electron chi connectivity index (χ3n) is 2.24. The smallest absolute Gasteiger partial charge is 0.300 e. The Morgan fingerprint density at radius 1 is 1.26 bits per heavy atom. The second-order valence-corrected chi connectivity index (χ2v) is 3.69. The fourth-order valence-electron chi connectivity index (χ4n) is 1.53. The highest BCUT2D eigenvalue weighted by atomic mass is 16.4. The van der Waals surface area contributed by atoms with Crippen LogP contribution in [0.3, 0.4) is 0 Å². The lowest BCUT2D eigenvalue weighted by atomic mass is 10.3. The van der Waals surface area contributed by atoms with E-state index in [-0.39, 0.29) is 5.96 Å². The number of guanidine groups is 1. The summed E-state index contributed by atoms with van der Waals surface area (Å²) in [6.07, 6.45) is 0. The van der Waals surface area contributed by atoms with Crippen LogP contribution in [0.1, 0.15) is 20.8 Å². The zero-order chi connectivity index (χ0) is 14.8. The summed E-state index contributed by atoms with van der Waals surface area (Å²) in [5.74, 6) is -0.787. The van der Waals surface area contributed by atoms with Gasteiger partial charge in [-0.15, -0.1) is 0 Å². The topological polar surface area (TPSA) is 93.6 Å². The maximum atomic E-state index is 9.00. The number of hydrogen-bond donors (Lipinski definition) is 3. The molecule has 0 saturated heterocycles. The number of aliphatic carboxylic acids is 1. The van der Waals surface area contributed by atoms with Gasteiger partial charge in [-0.2, -0.15) is 0 Å². The van der Waals surface area contributed by atoms with Crippen molar-refractivity contribution >= 4 is 17.6 Å². The number of nitrogens with two attached hydrogens (primary N) is 1. The molecule has 0 unspecified atom stereocenters. The number of benzene rings is 1. The average molecular weight is 266 g/mol. The summed E-state index contributed by atoms with van der Waals surface area (Å²) in [5, 5.41) is 18.7. The Morgan fingerprint density at radius 3 is 2.00 bits per heavy atom. The third kappa shape index (κ3) is 6.42. The number of carboxylic acids is 1. The molecule has 0 fully saturated rings. The van der Waals surface area contributed by atoms with E-state index in [0.29, 0.717) is 0 Å². The molecule has 1 aromatic carbocycles. The van der Waals surface area contributed by atoms with E-state index in [1.165, 1.54) is 0 Å². The third-order valence-corrected chi connectivity index (χ3v) is 2.24. The van der Waals surface area contributed by atoms with Crippen LogP contribution in [0.5, 0.6) is 0 Å². The van der Waals surface area contributed by atoms with Crippen molar-refractivity contribution in [3.63, 3.8) is 0 Å². The lowest BCUT2D eigenvalue weighted by Crippen LogP contribution is -2.49. The van der Waals surface area contributed by atoms with Gasteiger partial charge in [0, 0.05) is 20.0 Å². The molecule has 0 amide bonds. The van der Waals surface area contributed by atoms with E-state index in [1.807, 2.05) is 49.2 Å². The minimum Gasteiger partial charge on any atom is -0.481 e. The van der Waals surface area contributed by atoms with Crippen molar-refractivity contribution in [1.29, 1.82) is 5.41 Å². The average Bonchev–Trinajstić information content (AvgIpc) is 2.35. The van der Waals surface area contributed by atoms with E-state index in [0.717, 1.165) is 25.7 Å². The van der Waals surface area contributed by atoms with Gasteiger partial charge in [-0.25, -0.2) is 10.0 Å². The Balaban J connectivity index is 0.000000711. The highest BCUT2D eigenvalue weighted by molar-refractivity contribution is 5.91. The second kappa shape index (κ2) is 8.93. The molecule has 0 atom stereocenters. The zero-order valence-electron chi connectivity index (χ0n) is 11.6. The predicted octanol–water partition coefficient (Wildman–Crippen LogP) is 1.73. The number of hydrogen-bond acceptors (Lipinski definition) is 3. The normalized spacial score (nSPS) is 9.47. The summed E-state index contributed by atoms with van der Waals surface area (Å²) < 4.78 is 0. The molecule has 106 valence electrons. The highest BCUT2D eigenvalue weighted by Gasteiger charge is 2.15. The van der Waals surface area contributed by atoms with Crippen LogP contribution in [-0.2, 0) is 4.79 Å². The van der Waals surface area contributed by atoms with Gasteiger partial charge in [-0.3, -0.25) is 10.2 Å². The maximum absolute atomic E-state index is 9.00. The second-order valence-electron chi connectivity index (χ2n) is 3.69. The molecule has 4 N–H and O–H groups in total. The van der Waals surface area contributed by atoms with Crippen molar-refractivity contribution in [1.82, 2.24) is 5.01 Å². The standard InChI is InChI=1S/C11H18N4.C2H4O2/c1-3-14(4-2)15(11(12)13)10-8-6-5-7-9-10;1-2(3)4/h5-9H,3-4H2,1-2H3,(H3,12,13);1H3,(H,3,4). The van der Waals surface area contributed by atoms with Gasteiger partial charge in [0.1, 0.15) is 0 Å². The maximum Gasteiger partial charge on any atom is 0.300 e. The summed E-state index contributed by atoms with van der Waals surface area (Å²) in [6, 6.07) is 9.72. The molecule has 0 bridgehead atoms. The molecule has 0 radical (unpaired) electrons. The van der Waals surface area contributed by atoms with Gasteiger partial charge >= 0.3 is 0 Å². The van der Waals surface area contributed by atoms with Crippen LogP contribution in [0.4, 0.5) is 5.69 Å². The Labute approximate surface area is 113 Å². The quantitative estimate of drug-likeness (QED) is 0.438. The molecule has 1 aromatic rings. The van der Waals surface area contributed by atoms with E-state index in [1.54, 1.807) is 5.01 Å². The lowest BCUT2D eigenvalue weighted by molar-refractivity contribution is -0.134. The molecule has 0 aliphatic rings. The summed E-state index contributed by atoms with van der Waals surface area (Å²) in [5.41, 5.74) is 6.51. The van der Waals surface area contributed by atoms with Gasteiger partial charge in [0.25, 0.3) is 5.97 Å². The Hall–Kier alpha value is -2.08. The Bertz CT molecular complexity index is 387. The Kier molecular flexibility index (Phi) is 7.95. The van der Waals surface area contributed by atoms with Crippen LogP contribution in [0.25, 0.3) is 0 Å². The van der Waals surface area contributed by atoms with Crippen molar-refractivity contribution in [3.8, 4) is 0 Å². The molecule has 0 aromatic heterocycles. The van der Waals surface area contributed by atoms with Gasteiger partial charge in [-0.1, -0.05) is 32.0 Å². The fraction of sp³-hybridized carbons (Fsp3) is 0.385. The van der Waals surface area contributed by atoms with Crippen molar-refractivity contribution in [2.75, 3.05) is 18.1 Å². The van der Waals surface area contributed by atoms with E-state index in [4.69, 9.17) is 21.0 Å². The zero-order valence-corrected chi connectivity index (χ0v) is 11.6. The van der Waals surface area contributed by atoms with Crippen LogP contribution < -0.4 is 10.7 Å². The first-order valence-corrected chi connectivity index (χ1v) is 6.07. The molecule has 19 heavy (non-hydrogen) atoms. The van der Waals surface area contributed by atoms with Crippen LogP contribution in [0.15, 0.2) is 30.3 Å². The number of anilines is 1. The molecule has 0 aliphatic heterocycles. The highest BCUT2D eigenvalue weighted by Crippen LogP contribution is 2.14. The Morgan fingerprint density at radius 2 is 1.68 bits per heavy atom. The van der Waals surface area contributed by atoms with Crippen LogP contribution >= 0.6 is 0 Å². The van der Waals surface area contributed by atoms with Crippen molar-refractivity contribution in [2.24, 2.45) is 5.73 Å². The summed E-state index contributed by atoms with van der Waals surface area (Å²) in [4.78, 5) is 9.00. The minimum absolute atomic E-state index is 0.0462. The number of carboxylic acid groups (broad SMARTS) is 1. The van der Waals surface area contributed by atoms with Crippen molar-refractivity contribution in [3.05, 3.63) is 30.3 Å². The minimum atomic E-state index is -0.833. The van der Waals surface area contributed by atoms with Gasteiger partial charge < -0.3 is 10.8 Å². The molecular weight excluding hydrogens is 244 g/mol. The van der Waals surface area contributed by atoms with Gasteiger partial charge in [0.15, 0.2) is 0 Å². The number of rotatable bonds is 4. The molecule has 1 rings (SSSR count). The summed E-state index contributed by atoms with van der Waals surface area (Å²) >= 11 is 0. The number of para-hydroxylation sites is 1. The van der Waals surface area contributed by atoms with Crippen molar-refractivity contribution < 1.29 is 9.90 Å². The van der Waals surface area contributed by atoms with E-state index in [9.17, 15) is 0 Å². The molecule has 0 spiro atoms. The van der Waals surface area contributed by atoms with Gasteiger partial charge in [0.2, 0.25) is 5.96 Å². The first-order chi connectivity index (χ1) is 8.93. The molecule has 6 nitrogen and oxygen atoms in total. The largest absolute Gasteiger partial charge is 0.481 e. The molecular formula is C13H22N4O2. The first-order valence-electron chi connectivity index (χ1n) is 6.07. The number of nitrogens with one attached hydrogen (secondary N) is 1. The van der Waals surface area contributed by atoms with Crippen LogP contribution in [0.2, 0.25) is 0 Å². The monoisotopic (exact) mass is 266 g/mol. The molecule has 0 saturated carbocycles. The van der Waals surface area contributed by atoms with Crippen LogP contribution in [-0.4, -0.2) is 35.1 Å².